The normalized spacial score (nSPS) is 10.6. The van der Waals surface area contributed by atoms with Gasteiger partial charge in [-0.25, -0.2) is 4.79 Å². The lowest BCUT2D eigenvalue weighted by molar-refractivity contribution is 0.0520. The van der Waals surface area contributed by atoms with Crippen LogP contribution in [0.25, 0.3) is 11.3 Å². The Balaban J connectivity index is 2.30. The second kappa shape index (κ2) is 7.83. The predicted molar refractivity (Wildman–Crippen MR) is 83.4 cm³/mol. The first kappa shape index (κ1) is 15.6. The Morgan fingerprint density at radius 1 is 1.29 bits per heavy atom. The summed E-state index contributed by atoms with van der Waals surface area (Å²) in [4.78, 5) is 13.0. The highest BCUT2D eigenvalue weighted by atomic mass is 32.2. The Bertz CT molecular complexity index is 598. The number of thioether (sulfide) groups is 1. The number of carbonyl (C=O) groups is 1. The second-order valence-electron chi connectivity index (χ2n) is 4.44. The maximum absolute atomic E-state index is 11.9. The predicted octanol–water partition coefficient (Wildman–Crippen LogP) is 3.54. The standard InChI is InChI=1S/C15H19N3O2S/c1-3-5-10-21-12-9-7-6-8-11(12)13-14(17-18-16-13)15(19)20-4-2/h6-9H,3-5,10H2,1-2H3,(H,16,17,18). The summed E-state index contributed by atoms with van der Waals surface area (Å²) in [5, 5.41) is 10.6. The minimum atomic E-state index is -0.449. The first-order chi connectivity index (χ1) is 10.3. The summed E-state index contributed by atoms with van der Waals surface area (Å²) in [6.07, 6.45) is 2.32. The molecule has 1 heterocycles. The van der Waals surface area contributed by atoms with Crippen LogP contribution in [0.3, 0.4) is 0 Å². The molecule has 1 aromatic heterocycles. The Morgan fingerprint density at radius 3 is 2.86 bits per heavy atom. The Labute approximate surface area is 128 Å². The third-order valence-corrected chi connectivity index (χ3v) is 4.07. The number of nitrogens with zero attached hydrogens (tertiary/aromatic N) is 2. The van der Waals surface area contributed by atoms with Crippen molar-refractivity contribution in [1.82, 2.24) is 15.4 Å². The zero-order chi connectivity index (χ0) is 15.1. The lowest BCUT2D eigenvalue weighted by Crippen LogP contribution is -2.07. The quantitative estimate of drug-likeness (QED) is 0.481. The number of aromatic amines is 1. The van der Waals surface area contributed by atoms with E-state index in [0.717, 1.165) is 29.1 Å². The molecule has 5 nitrogen and oxygen atoms in total. The largest absolute Gasteiger partial charge is 0.461 e. The Morgan fingerprint density at radius 2 is 2.10 bits per heavy atom. The SMILES string of the molecule is CCCCSc1ccccc1-c1n[nH]nc1C(=O)OCC. The summed E-state index contributed by atoms with van der Waals surface area (Å²) in [7, 11) is 0. The summed E-state index contributed by atoms with van der Waals surface area (Å²) in [5.41, 5.74) is 1.70. The van der Waals surface area contributed by atoms with Gasteiger partial charge in [0.15, 0.2) is 5.69 Å². The van der Waals surface area contributed by atoms with Crippen molar-refractivity contribution in [1.29, 1.82) is 0 Å². The highest BCUT2D eigenvalue weighted by Crippen LogP contribution is 2.32. The van der Waals surface area contributed by atoms with Gasteiger partial charge in [-0.1, -0.05) is 31.5 Å². The van der Waals surface area contributed by atoms with Gasteiger partial charge in [0.1, 0.15) is 5.69 Å². The van der Waals surface area contributed by atoms with Gasteiger partial charge in [-0.2, -0.15) is 10.3 Å². The van der Waals surface area contributed by atoms with Crippen molar-refractivity contribution in [3.8, 4) is 11.3 Å². The summed E-state index contributed by atoms with van der Waals surface area (Å²) in [5.74, 6) is 0.592. The maximum atomic E-state index is 11.9. The van der Waals surface area contributed by atoms with Crippen LogP contribution in [0.4, 0.5) is 0 Å². The van der Waals surface area contributed by atoms with Crippen molar-refractivity contribution >= 4 is 17.7 Å². The highest BCUT2D eigenvalue weighted by Gasteiger charge is 2.20. The van der Waals surface area contributed by atoms with E-state index in [4.69, 9.17) is 4.74 Å². The summed E-state index contributed by atoms with van der Waals surface area (Å²) >= 11 is 1.77. The van der Waals surface area contributed by atoms with E-state index in [2.05, 4.69) is 22.3 Å². The Hall–Kier alpha value is -1.82. The number of hydrogen-bond acceptors (Lipinski definition) is 5. The second-order valence-corrected chi connectivity index (χ2v) is 5.58. The third-order valence-electron chi connectivity index (χ3n) is 2.91. The van der Waals surface area contributed by atoms with Gasteiger partial charge in [0.2, 0.25) is 0 Å². The van der Waals surface area contributed by atoms with Gasteiger partial charge < -0.3 is 4.74 Å². The molecule has 0 atom stereocenters. The molecule has 6 heteroatoms. The van der Waals surface area contributed by atoms with Gasteiger partial charge in [0.05, 0.1) is 6.61 Å². The van der Waals surface area contributed by atoms with Crippen molar-refractivity contribution in [2.45, 2.75) is 31.6 Å². The fourth-order valence-electron chi connectivity index (χ4n) is 1.88. The zero-order valence-electron chi connectivity index (χ0n) is 12.3. The Kier molecular flexibility index (Phi) is 5.80. The fraction of sp³-hybridized carbons (Fsp3) is 0.400. The van der Waals surface area contributed by atoms with Crippen LogP contribution in [-0.2, 0) is 4.74 Å². The van der Waals surface area contributed by atoms with Gasteiger partial charge in [-0.3, -0.25) is 0 Å². The van der Waals surface area contributed by atoms with Crippen molar-refractivity contribution in [3.63, 3.8) is 0 Å². The molecule has 0 bridgehead atoms. The van der Waals surface area contributed by atoms with Crippen LogP contribution in [0, 0.1) is 0 Å². The van der Waals surface area contributed by atoms with Gasteiger partial charge >= 0.3 is 5.97 Å². The van der Waals surface area contributed by atoms with Gasteiger partial charge in [0, 0.05) is 10.5 Å². The van der Waals surface area contributed by atoms with E-state index >= 15 is 0 Å². The smallest absolute Gasteiger partial charge is 0.361 e. The summed E-state index contributed by atoms with van der Waals surface area (Å²) in [6.45, 7) is 4.26. The molecule has 1 aromatic carbocycles. The number of nitrogens with one attached hydrogen (secondary N) is 1. The molecule has 0 unspecified atom stereocenters. The number of H-pyrrole nitrogens is 1. The van der Waals surface area contributed by atoms with Crippen LogP contribution in [0.15, 0.2) is 29.2 Å². The monoisotopic (exact) mass is 305 g/mol. The lowest BCUT2D eigenvalue weighted by atomic mass is 10.1. The number of benzene rings is 1. The van der Waals surface area contributed by atoms with E-state index in [-0.39, 0.29) is 5.69 Å². The van der Waals surface area contributed by atoms with Crippen molar-refractivity contribution in [2.75, 3.05) is 12.4 Å². The van der Waals surface area contributed by atoms with Crippen LogP contribution in [0.1, 0.15) is 37.2 Å². The molecule has 2 rings (SSSR count). The molecule has 0 amide bonds. The molecule has 0 fully saturated rings. The average molecular weight is 305 g/mol. The number of rotatable bonds is 7. The van der Waals surface area contributed by atoms with Gasteiger partial charge in [0.25, 0.3) is 0 Å². The molecule has 2 aromatic rings. The molecule has 0 saturated heterocycles. The molecule has 0 spiro atoms. The minimum absolute atomic E-state index is 0.236. The molecular formula is C15H19N3O2S. The fourth-order valence-corrected chi connectivity index (χ4v) is 3.02. The summed E-state index contributed by atoms with van der Waals surface area (Å²) < 4.78 is 5.02. The zero-order valence-corrected chi connectivity index (χ0v) is 13.1. The summed E-state index contributed by atoms with van der Waals surface area (Å²) in [6, 6.07) is 7.92. The highest BCUT2D eigenvalue weighted by molar-refractivity contribution is 7.99. The van der Waals surface area contributed by atoms with E-state index in [1.807, 2.05) is 24.3 Å². The van der Waals surface area contributed by atoms with E-state index in [9.17, 15) is 4.79 Å². The number of esters is 1. The number of ether oxygens (including phenoxy) is 1. The topological polar surface area (TPSA) is 67.9 Å². The molecule has 0 saturated carbocycles. The van der Waals surface area contributed by atoms with E-state index in [1.54, 1.807) is 18.7 Å². The van der Waals surface area contributed by atoms with E-state index in [1.165, 1.54) is 0 Å². The molecule has 0 aliphatic rings. The first-order valence-corrected chi connectivity index (χ1v) is 8.06. The van der Waals surface area contributed by atoms with E-state index < -0.39 is 5.97 Å². The first-order valence-electron chi connectivity index (χ1n) is 7.08. The molecular weight excluding hydrogens is 286 g/mol. The van der Waals surface area contributed by atoms with Crippen LogP contribution >= 0.6 is 11.8 Å². The molecule has 112 valence electrons. The molecule has 21 heavy (non-hydrogen) atoms. The van der Waals surface area contributed by atoms with Crippen LogP contribution < -0.4 is 0 Å². The van der Waals surface area contributed by atoms with Crippen LogP contribution in [0.2, 0.25) is 0 Å². The van der Waals surface area contributed by atoms with E-state index in [0.29, 0.717) is 12.3 Å². The molecule has 0 radical (unpaired) electrons. The van der Waals surface area contributed by atoms with Crippen molar-refractivity contribution in [3.05, 3.63) is 30.0 Å². The average Bonchev–Trinajstić information content (AvgIpc) is 2.98. The number of carbonyl (C=O) groups excluding carboxylic acids is 1. The lowest BCUT2D eigenvalue weighted by Gasteiger charge is -2.07. The minimum Gasteiger partial charge on any atom is -0.461 e. The molecule has 0 aliphatic heterocycles. The molecule has 1 N–H and O–H groups in total. The van der Waals surface area contributed by atoms with Crippen LogP contribution in [0.5, 0.6) is 0 Å². The maximum Gasteiger partial charge on any atom is 0.361 e. The number of unbranched alkanes of at least 4 members (excludes halogenated alkanes) is 1. The number of aromatic nitrogens is 3. The van der Waals surface area contributed by atoms with Gasteiger partial charge in [-0.15, -0.1) is 16.9 Å². The van der Waals surface area contributed by atoms with Crippen molar-refractivity contribution < 1.29 is 9.53 Å². The molecule has 0 aliphatic carbocycles. The van der Waals surface area contributed by atoms with Crippen LogP contribution in [-0.4, -0.2) is 33.7 Å². The third kappa shape index (κ3) is 3.85. The van der Waals surface area contributed by atoms with Crippen molar-refractivity contribution in [2.24, 2.45) is 0 Å². The van der Waals surface area contributed by atoms with Gasteiger partial charge in [-0.05, 0) is 25.2 Å². The number of hydrogen-bond donors (Lipinski definition) is 1.